The van der Waals surface area contributed by atoms with Crippen LogP contribution in [-0.2, 0) is 14.2 Å². The van der Waals surface area contributed by atoms with Crippen LogP contribution >= 0.6 is 0 Å². The molecule has 0 spiro atoms. The highest BCUT2D eigenvalue weighted by molar-refractivity contribution is 5.74. The number of amides is 2. The third-order valence-corrected chi connectivity index (χ3v) is 4.00. The molecule has 2 heterocycles. The Morgan fingerprint density at radius 1 is 1.23 bits per heavy atom. The Hall–Kier alpha value is -0.890. The number of rotatable bonds is 8. The zero-order valence-electron chi connectivity index (χ0n) is 13.8. The molecule has 0 aromatic rings. The second-order valence-electron chi connectivity index (χ2n) is 5.82. The largest absolute Gasteiger partial charge is 0.383 e. The summed E-state index contributed by atoms with van der Waals surface area (Å²) in [5.41, 5.74) is 0. The van der Waals surface area contributed by atoms with E-state index in [9.17, 15) is 4.79 Å². The highest BCUT2D eigenvalue weighted by atomic mass is 16.5. The predicted molar refractivity (Wildman–Crippen MR) is 83.1 cm³/mol. The predicted octanol–water partition coefficient (Wildman–Crippen LogP) is 0.154. The minimum Gasteiger partial charge on any atom is -0.383 e. The van der Waals surface area contributed by atoms with Gasteiger partial charge in [-0.05, 0) is 13.3 Å². The second kappa shape index (κ2) is 9.29. The number of ether oxygens (including phenoxy) is 3. The summed E-state index contributed by atoms with van der Waals surface area (Å²) in [6, 6.07) is 0.0140. The number of hydrogen-bond donors (Lipinski definition) is 1. The molecule has 0 unspecified atom stereocenters. The minimum absolute atomic E-state index is 0.0140. The van der Waals surface area contributed by atoms with Crippen LogP contribution in [0, 0.1) is 0 Å². The smallest absolute Gasteiger partial charge is 0.317 e. The van der Waals surface area contributed by atoms with Crippen molar-refractivity contribution in [3.8, 4) is 0 Å². The van der Waals surface area contributed by atoms with Gasteiger partial charge in [-0.2, -0.15) is 0 Å². The first-order chi connectivity index (χ1) is 10.7. The zero-order valence-corrected chi connectivity index (χ0v) is 13.8. The van der Waals surface area contributed by atoms with Crippen LogP contribution in [0.5, 0.6) is 0 Å². The van der Waals surface area contributed by atoms with E-state index < -0.39 is 0 Å². The van der Waals surface area contributed by atoms with Crippen molar-refractivity contribution in [2.45, 2.75) is 25.6 Å². The van der Waals surface area contributed by atoms with Crippen molar-refractivity contribution in [2.75, 3.05) is 66.2 Å². The molecule has 0 radical (unpaired) electrons. The van der Waals surface area contributed by atoms with Crippen LogP contribution in [0.3, 0.4) is 0 Å². The van der Waals surface area contributed by atoms with Crippen molar-refractivity contribution >= 4 is 6.03 Å². The van der Waals surface area contributed by atoms with Gasteiger partial charge in [0.15, 0.2) is 0 Å². The van der Waals surface area contributed by atoms with Gasteiger partial charge >= 0.3 is 6.03 Å². The summed E-state index contributed by atoms with van der Waals surface area (Å²) < 4.78 is 16.3. The van der Waals surface area contributed by atoms with Crippen LogP contribution in [0.25, 0.3) is 0 Å². The fraction of sp³-hybridized carbons (Fsp3) is 0.933. The number of hydrogen-bond acceptors (Lipinski definition) is 5. The van der Waals surface area contributed by atoms with Gasteiger partial charge in [-0.15, -0.1) is 0 Å². The SMILES string of the molecule is CCOCCCNC(=O)N1C[C@H]2CN(CCOC)C[C@@H](C1)O2. The molecule has 22 heavy (non-hydrogen) atoms. The van der Waals surface area contributed by atoms with Crippen LogP contribution in [0.15, 0.2) is 0 Å². The molecule has 2 bridgehead atoms. The van der Waals surface area contributed by atoms with Crippen LogP contribution in [-0.4, -0.2) is 94.2 Å². The Labute approximate surface area is 132 Å². The molecule has 0 saturated carbocycles. The number of urea groups is 1. The van der Waals surface area contributed by atoms with E-state index in [1.54, 1.807) is 7.11 Å². The summed E-state index contributed by atoms with van der Waals surface area (Å²) in [5, 5.41) is 2.96. The highest BCUT2D eigenvalue weighted by Crippen LogP contribution is 2.19. The van der Waals surface area contributed by atoms with Crippen LogP contribution in [0.4, 0.5) is 4.79 Å². The molecule has 0 aromatic heterocycles. The molecule has 1 N–H and O–H groups in total. The van der Waals surface area contributed by atoms with Crippen molar-refractivity contribution in [3.63, 3.8) is 0 Å². The molecule has 2 saturated heterocycles. The van der Waals surface area contributed by atoms with E-state index in [2.05, 4.69) is 10.2 Å². The van der Waals surface area contributed by atoms with Crippen molar-refractivity contribution < 1.29 is 19.0 Å². The lowest BCUT2D eigenvalue weighted by molar-refractivity contribution is -0.130. The number of methoxy groups -OCH3 is 1. The standard InChI is InChI=1S/C15H29N3O4/c1-3-21-7-4-5-16-15(19)18-11-13-9-17(6-8-20-2)10-14(12-18)22-13/h13-14H,3-12H2,1-2H3,(H,16,19)/t13-,14+. The van der Waals surface area contributed by atoms with E-state index >= 15 is 0 Å². The van der Waals surface area contributed by atoms with Gasteiger partial charge in [0.05, 0.1) is 18.8 Å². The van der Waals surface area contributed by atoms with Gasteiger partial charge < -0.3 is 24.4 Å². The zero-order chi connectivity index (χ0) is 15.8. The molecule has 7 nitrogen and oxygen atoms in total. The summed E-state index contributed by atoms with van der Waals surface area (Å²) in [5.74, 6) is 0. The van der Waals surface area contributed by atoms with Gasteiger partial charge in [-0.1, -0.05) is 0 Å². The highest BCUT2D eigenvalue weighted by Gasteiger charge is 2.36. The molecular weight excluding hydrogens is 286 g/mol. The quantitative estimate of drug-likeness (QED) is 0.646. The number of carbonyl (C=O) groups excluding carboxylic acids is 1. The molecule has 0 aromatic carbocycles. The lowest BCUT2D eigenvalue weighted by atomic mass is 10.1. The van der Waals surface area contributed by atoms with Crippen LogP contribution in [0.1, 0.15) is 13.3 Å². The van der Waals surface area contributed by atoms with E-state index in [-0.39, 0.29) is 18.2 Å². The average molecular weight is 315 g/mol. The molecule has 2 fully saturated rings. The summed E-state index contributed by atoms with van der Waals surface area (Å²) in [7, 11) is 1.72. The molecular formula is C15H29N3O4. The van der Waals surface area contributed by atoms with E-state index in [4.69, 9.17) is 14.2 Å². The van der Waals surface area contributed by atoms with Gasteiger partial charge in [0.25, 0.3) is 0 Å². The Kier molecular flexibility index (Phi) is 7.38. The van der Waals surface area contributed by atoms with Crippen molar-refractivity contribution in [3.05, 3.63) is 0 Å². The third kappa shape index (κ3) is 5.39. The maximum Gasteiger partial charge on any atom is 0.317 e. The summed E-state index contributed by atoms with van der Waals surface area (Å²) >= 11 is 0. The maximum atomic E-state index is 12.2. The molecule has 2 rings (SSSR count). The van der Waals surface area contributed by atoms with E-state index in [1.165, 1.54) is 0 Å². The van der Waals surface area contributed by atoms with Crippen molar-refractivity contribution in [2.24, 2.45) is 0 Å². The van der Waals surface area contributed by atoms with Gasteiger partial charge in [0.2, 0.25) is 0 Å². The normalized spacial score (nSPS) is 25.3. The molecule has 2 amide bonds. The number of nitrogens with one attached hydrogen (secondary N) is 1. The third-order valence-electron chi connectivity index (χ3n) is 4.00. The molecule has 2 atom stereocenters. The topological polar surface area (TPSA) is 63.3 Å². The lowest BCUT2D eigenvalue weighted by Gasteiger charge is -2.45. The maximum absolute atomic E-state index is 12.2. The monoisotopic (exact) mass is 315 g/mol. The molecule has 2 aliphatic heterocycles. The Bertz CT molecular complexity index is 329. The average Bonchev–Trinajstić information content (AvgIpc) is 2.51. The molecule has 128 valence electrons. The van der Waals surface area contributed by atoms with E-state index in [1.807, 2.05) is 11.8 Å². The van der Waals surface area contributed by atoms with Gasteiger partial charge in [-0.3, -0.25) is 4.90 Å². The first-order valence-electron chi connectivity index (χ1n) is 8.20. The fourth-order valence-corrected chi connectivity index (χ4v) is 2.97. The number of carbonyl (C=O) groups is 1. The van der Waals surface area contributed by atoms with E-state index in [0.29, 0.717) is 26.2 Å². The van der Waals surface area contributed by atoms with Gasteiger partial charge in [0, 0.05) is 59.6 Å². The fourth-order valence-electron chi connectivity index (χ4n) is 2.97. The Morgan fingerprint density at radius 2 is 1.95 bits per heavy atom. The van der Waals surface area contributed by atoms with Crippen molar-refractivity contribution in [1.29, 1.82) is 0 Å². The lowest BCUT2D eigenvalue weighted by Crippen LogP contribution is -2.62. The second-order valence-corrected chi connectivity index (χ2v) is 5.82. The first kappa shape index (κ1) is 17.5. The summed E-state index contributed by atoms with van der Waals surface area (Å²) in [4.78, 5) is 16.4. The first-order valence-corrected chi connectivity index (χ1v) is 8.20. The van der Waals surface area contributed by atoms with E-state index in [0.717, 1.165) is 39.3 Å². The Morgan fingerprint density at radius 3 is 2.59 bits per heavy atom. The number of morpholine rings is 2. The summed E-state index contributed by atoms with van der Waals surface area (Å²) in [6.45, 7) is 8.78. The van der Waals surface area contributed by atoms with Gasteiger partial charge in [-0.25, -0.2) is 4.79 Å². The van der Waals surface area contributed by atoms with Crippen LogP contribution in [0.2, 0.25) is 0 Å². The van der Waals surface area contributed by atoms with Crippen LogP contribution < -0.4 is 5.32 Å². The number of fused-ring (bicyclic) bond motifs is 2. The molecule has 2 aliphatic rings. The molecule has 7 heteroatoms. The minimum atomic E-state index is 0.0140. The van der Waals surface area contributed by atoms with Crippen molar-refractivity contribution in [1.82, 2.24) is 15.1 Å². The Balaban J connectivity index is 1.69. The van der Waals surface area contributed by atoms with Gasteiger partial charge in [0.1, 0.15) is 0 Å². The molecule has 0 aliphatic carbocycles. The number of nitrogens with zero attached hydrogens (tertiary/aromatic N) is 2. The summed E-state index contributed by atoms with van der Waals surface area (Å²) in [6.07, 6.45) is 1.07.